The summed E-state index contributed by atoms with van der Waals surface area (Å²) in [4.78, 5) is 7.18. The lowest BCUT2D eigenvalue weighted by molar-refractivity contribution is 0.122. The zero-order valence-corrected chi connectivity index (χ0v) is 13.0. The molecule has 0 saturated carbocycles. The van der Waals surface area contributed by atoms with Crippen LogP contribution in [0.25, 0.3) is 0 Å². The molecule has 118 valence electrons. The van der Waals surface area contributed by atoms with Crippen LogP contribution in [0.3, 0.4) is 0 Å². The SMILES string of the molecule is CCCC(c1noc(C2COC(C)C2)n1)N1CCNCC1. The number of piperazine rings is 1. The highest BCUT2D eigenvalue weighted by Gasteiger charge is 2.31. The van der Waals surface area contributed by atoms with Crippen LogP contribution >= 0.6 is 0 Å². The highest BCUT2D eigenvalue weighted by Crippen LogP contribution is 2.30. The third-order valence-corrected chi connectivity index (χ3v) is 4.46. The lowest BCUT2D eigenvalue weighted by Crippen LogP contribution is -2.45. The number of nitrogens with one attached hydrogen (secondary N) is 1. The van der Waals surface area contributed by atoms with Gasteiger partial charge in [0.25, 0.3) is 0 Å². The molecule has 0 radical (unpaired) electrons. The Morgan fingerprint density at radius 3 is 2.86 bits per heavy atom. The zero-order chi connectivity index (χ0) is 14.7. The van der Waals surface area contributed by atoms with Crippen molar-refractivity contribution >= 4 is 0 Å². The van der Waals surface area contributed by atoms with Crippen molar-refractivity contribution < 1.29 is 9.26 Å². The Morgan fingerprint density at radius 1 is 1.38 bits per heavy atom. The predicted molar refractivity (Wildman–Crippen MR) is 79.2 cm³/mol. The fourth-order valence-corrected chi connectivity index (χ4v) is 3.28. The van der Waals surface area contributed by atoms with Crippen molar-refractivity contribution in [2.45, 2.75) is 51.2 Å². The van der Waals surface area contributed by atoms with Gasteiger partial charge in [0.1, 0.15) is 0 Å². The van der Waals surface area contributed by atoms with E-state index < -0.39 is 0 Å². The zero-order valence-electron chi connectivity index (χ0n) is 13.0. The summed E-state index contributed by atoms with van der Waals surface area (Å²) in [7, 11) is 0. The van der Waals surface area contributed by atoms with Crippen LogP contribution in [0.2, 0.25) is 0 Å². The van der Waals surface area contributed by atoms with Gasteiger partial charge in [-0.05, 0) is 19.8 Å². The average Bonchev–Trinajstić information content (AvgIpc) is 3.14. The minimum atomic E-state index is 0.270. The fourth-order valence-electron chi connectivity index (χ4n) is 3.28. The normalized spacial score (nSPS) is 28.9. The molecular weight excluding hydrogens is 268 g/mol. The molecule has 2 aliphatic heterocycles. The van der Waals surface area contributed by atoms with E-state index in [4.69, 9.17) is 14.2 Å². The van der Waals surface area contributed by atoms with Crippen molar-refractivity contribution in [3.63, 3.8) is 0 Å². The van der Waals surface area contributed by atoms with E-state index >= 15 is 0 Å². The van der Waals surface area contributed by atoms with Crippen LogP contribution in [0.5, 0.6) is 0 Å². The standard InChI is InChI=1S/C15H26N4O2/c1-3-4-13(19-7-5-16-6-8-19)14-17-15(21-18-14)12-9-11(2)20-10-12/h11-13,16H,3-10H2,1-2H3. The lowest BCUT2D eigenvalue weighted by Gasteiger charge is -2.33. The Balaban J connectivity index is 1.71. The minimum absolute atomic E-state index is 0.270. The van der Waals surface area contributed by atoms with E-state index in [0.29, 0.717) is 12.7 Å². The molecule has 3 atom stereocenters. The quantitative estimate of drug-likeness (QED) is 0.892. The Kier molecular flexibility index (Phi) is 4.87. The number of aromatic nitrogens is 2. The van der Waals surface area contributed by atoms with Crippen molar-refractivity contribution in [3.8, 4) is 0 Å². The summed E-state index contributed by atoms with van der Waals surface area (Å²) >= 11 is 0. The minimum Gasteiger partial charge on any atom is -0.378 e. The van der Waals surface area contributed by atoms with Crippen LogP contribution in [0.1, 0.15) is 56.8 Å². The molecule has 1 aromatic heterocycles. The summed E-state index contributed by atoms with van der Waals surface area (Å²) in [6.45, 7) is 9.20. The van der Waals surface area contributed by atoms with Gasteiger partial charge in [-0.1, -0.05) is 18.5 Å². The third-order valence-electron chi connectivity index (χ3n) is 4.46. The van der Waals surface area contributed by atoms with E-state index in [1.807, 2.05) is 0 Å². The van der Waals surface area contributed by atoms with Crippen molar-refractivity contribution in [2.24, 2.45) is 0 Å². The Morgan fingerprint density at radius 2 is 2.19 bits per heavy atom. The van der Waals surface area contributed by atoms with E-state index in [2.05, 4.69) is 29.2 Å². The van der Waals surface area contributed by atoms with Gasteiger partial charge in [-0.3, -0.25) is 4.90 Å². The molecule has 0 aromatic carbocycles. The number of hydrogen-bond donors (Lipinski definition) is 1. The topological polar surface area (TPSA) is 63.4 Å². The van der Waals surface area contributed by atoms with Gasteiger partial charge in [0.15, 0.2) is 5.82 Å². The fraction of sp³-hybridized carbons (Fsp3) is 0.867. The Labute approximate surface area is 126 Å². The third kappa shape index (κ3) is 3.44. The summed E-state index contributed by atoms with van der Waals surface area (Å²) < 4.78 is 11.1. The average molecular weight is 294 g/mol. The van der Waals surface area contributed by atoms with E-state index in [9.17, 15) is 0 Å². The lowest BCUT2D eigenvalue weighted by atomic mass is 10.1. The smallest absolute Gasteiger partial charge is 0.232 e. The first kappa shape index (κ1) is 14.9. The maximum absolute atomic E-state index is 5.61. The summed E-state index contributed by atoms with van der Waals surface area (Å²) in [6.07, 6.45) is 3.48. The molecule has 3 rings (SSSR count). The van der Waals surface area contributed by atoms with Crippen molar-refractivity contribution in [2.75, 3.05) is 32.8 Å². The molecule has 3 heterocycles. The number of ether oxygens (including phenoxy) is 1. The molecule has 1 aromatic rings. The molecule has 3 unspecified atom stereocenters. The summed E-state index contributed by atoms with van der Waals surface area (Å²) in [5, 5.41) is 7.67. The van der Waals surface area contributed by atoms with Gasteiger partial charge in [-0.2, -0.15) is 4.98 Å². The first-order chi connectivity index (χ1) is 10.3. The molecule has 21 heavy (non-hydrogen) atoms. The maximum atomic E-state index is 5.61. The first-order valence-electron chi connectivity index (χ1n) is 8.17. The second kappa shape index (κ2) is 6.85. The number of hydrogen-bond acceptors (Lipinski definition) is 6. The van der Waals surface area contributed by atoms with Gasteiger partial charge in [0.05, 0.1) is 24.7 Å². The largest absolute Gasteiger partial charge is 0.378 e. The van der Waals surface area contributed by atoms with Gasteiger partial charge in [0.2, 0.25) is 5.89 Å². The number of rotatable bonds is 5. The van der Waals surface area contributed by atoms with Crippen LogP contribution in [0, 0.1) is 0 Å². The van der Waals surface area contributed by atoms with Crippen LogP contribution in [-0.2, 0) is 4.74 Å². The second-order valence-electron chi connectivity index (χ2n) is 6.16. The van der Waals surface area contributed by atoms with E-state index in [1.165, 1.54) is 0 Å². The van der Waals surface area contributed by atoms with Gasteiger partial charge in [0, 0.05) is 26.2 Å². The molecule has 0 bridgehead atoms. The van der Waals surface area contributed by atoms with Crippen LogP contribution in [-0.4, -0.2) is 53.9 Å². The first-order valence-corrected chi connectivity index (χ1v) is 8.17. The maximum Gasteiger partial charge on any atom is 0.232 e. The van der Waals surface area contributed by atoms with Crippen LogP contribution < -0.4 is 5.32 Å². The highest BCUT2D eigenvalue weighted by molar-refractivity contribution is 5.01. The van der Waals surface area contributed by atoms with Crippen molar-refractivity contribution in [1.82, 2.24) is 20.4 Å². The van der Waals surface area contributed by atoms with E-state index in [1.54, 1.807) is 0 Å². The predicted octanol–water partition coefficient (Wildman–Crippen LogP) is 1.71. The van der Waals surface area contributed by atoms with Crippen LogP contribution in [0.15, 0.2) is 4.52 Å². The van der Waals surface area contributed by atoms with Crippen molar-refractivity contribution in [3.05, 3.63) is 11.7 Å². The molecule has 2 fully saturated rings. The van der Waals surface area contributed by atoms with Crippen LogP contribution in [0.4, 0.5) is 0 Å². The summed E-state index contributed by atoms with van der Waals surface area (Å²) in [5.74, 6) is 1.88. The molecule has 0 amide bonds. The molecule has 6 heteroatoms. The molecule has 1 N–H and O–H groups in total. The van der Waals surface area contributed by atoms with Gasteiger partial charge >= 0.3 is 0 Å². The monoisotopic (exact) mass is 294 g/mol. The Bertz CT molecular complexity index is 445. The molecule has 2 saturated heterocycles. The highest BCUT2D eigenvalue weighted by atomic mass is 16.5. The molecule has 0 spiro atoms. The van der Waals surface area contributed by atoms with Gasteiger partial charge < -0.3 is 14.6 Å². The summed E-state index contributed by atoms with van der Waals surface area (Å²) in [5.41, 5.74) is 0. The molecule has 6 nitrogen and oxygen atoms in total. The van der Waals surface area contributed by atoms with E-state index in [-0.39, 0.29) is 12.0 Å². The van der Waals surface area contributed by atoms with Crippen molar-refractivity contribution in [1.29, 1.82) is 0 Å². The molecular formula is C15H26N4O2. The number of nitrogens with zero attached hydrogens (tertiary/aromatic N) is 3. The second-order valence-corrected chi connectivity index (χ2v) is 6.16. The van der Waals surface area contributed by atoms with Gasteiger partial charge in [-0.25, -0.2) is 0 Å². The molecule has 2 aliphatic rings. The van der Waals surface area contributed by atoms with E-state index in [0.717, 1.165) is 57.2 Å². The van der Waals surface area contributed by atoms with Gasteiger partial charge in [-0.15, -0.1) is 0 Å². The summed E-state index contributed by atoms with van der Waals surface area (Å²) in [6, 6.07) is 0.286. The Hall–Kier alpha value is -0.980. The molecule has 0 aliphatic carbocycles.